The van der Waals surface area contributed by atoms with Gasteiger partial charge in [-0.15, -0.1) is 11.3 Å². The summed E-state index contributed by atoms with van der Waals surface area (Å²) in [6.07, 6.45) is 0. The van der Waals surface area contributed by atoms with Gasteiger partial charge >= 0.3 is 0 Å². The van der Waals surface area contributed by atoms with Gasteiger partial charge < -0.3 is 14.8 Å². The predicted molar refractivity (Wildman–Crippen MR) is 98.5 cm³/mol. The molecule has 3 aromatic rings. The molecule has 5 nitrogen and oxygen atoms in total. The van der Waals surface area contributed by atoms with Gasteiger partial charge in [0.05, 0.1) is 12.8 Å². The molecule has 3 rings (SSSR count). The van der Waals surface area contributed by atoms with Crippen molar-refractivity contribution in [2.45, 2.75) is 13.5 Å². The molecule has 0 radical (unpaired) electrons. The average molecular weight is 372 g/mol. The van der Waals surface area contributed by atoms with E-state index in [1.807, 2.05) is 0 Å². The van der Waals surface area contributed by atoms with Crippen molar-refractivity contribution in [3.05, 3.63) is 69.9 Å². The van der Waals surface area contributed by atoms with Crippen LogP contribution in [0.15, 0.2) is 48.5 Å². The number of aryl methyl sites for hydroxylation is 1. The Kier molecular flexibility index (Phi) is 5.48. The van der Waals surface area contributed by atoms with Gasteiger partial charge in [-0.1, -0.05) is 6.07 Å². The molecule has 1 N–H and O–H groups in total. The summed E-state index contributed by atoms with van der Waals surface area (Å²) in [5.74, 6) is 0.652. The van der Waals surface area contributed by atoms with Crippen molar-refractivity contribution in [1.29, 1.82) is 0 Å². The number of hydrogen-bond acceptors (Lipinski definition) is 5. The second-order valence-electron chi connectivity index (χ2n) is 5.45. The molecule has 7 heteroatoms. The van der Waals surface area contributed by atoms with Gasteiger partial charge in [0.25, 0.3) is 5.91 Å². The molecule has 134 valence electrons. The highest BCUT2D eigenvalue weighted by Crippen LogP contribution is 2.23. The van der Waals surface area contributed by atoms with Crippen molar-refractivity contribution in [2.75, 3.05) is 12.4 Å². The number of anilines is 1. The van der Waals surface area contributed by atoms with Crippen LogP contribution in [-0.4, -0.2) is 18.0 Å². The van der Waals surface area contributed by atoms with Gasteiger partial charge in [-0.3, -0.25) is 4.79 Å². The fourth-order valence-corrected chi connectivity index (χ4v) is 3.16. The smallest absolute Gasteiger partial charge is 0.267 e. The van der Waals surface area contributed by atoms with E-state index in [4.69, 9.17) is 9.47 Å². The molecule has 1 aromatic heterocycles. The van der Waals surface area contributed by atoms with Crippen molar-refractivity contribution < 1.29 is 18.7 Å². The van der Waals surface area contributed by atoms with Gasteiger partial charge in [0, 0.05) is 11.8 Å². The van der Waals surface area contributed by atoms with Gasteiger partial charge in [-0.25, -0.2) is 9.37 Å². The molecule has 0 unspecified atom stereocenters. The van der Waals surface area contributed by atoms with Gasteiger partial charge in [0.2, 0.25) is 0 Å². The SMILES string of the molecule is COc1cccc(NC(=O)c2sc(COc3ccc(F)cc3)nc2C)c1. The monoisotopic (exact) mass is 372 g/mol. The Balaban J connectivity index is 1.66. The molecular weight excluding hydrogens is 355 g/mol. The number of hydrogen-bond donors (Lipinski definition) is 1. The molecular formula is C19H17FN2O3S. The van der Waals surface area contributed by atoms with Crippen molar-refractivity contribution >= 4 is 22.9 Å². The number of halogens is 1. The topological polar surface area (TPSA) is 60.5 Å². The lowest BCUT2D eigenvalue weighted by Gasteiger charge is -2.06. The number of carbonyl (C=O) groups excluding carboxylic acids is 1. The Morgan fingerprint density at radius 2 is 1.96 bits per heavy atom. The number of carbonyl (C=O) groups is 1. The van der Waals surface area contributed by atoms with E-state index in [0.29, 0.717) is 32.8 Å². The molecule has 1 amide bonds. The van der Waals surface area contributed by atoms with Crippen LogP contribution in [0.5, 0.6) is 11.5 Å². The molecule has 1 heterocycles. The minimum atomic E-state index is -0.320. The van der Waals surface area contributed by atoms with Crippen molar-refractivity contribution in [2.24, 2.45) is 0 Å². The molecule has 0 atom stereocenters. The zero-order chi connectivity index (χ0) is 18.5. The molecule has 0 bridgehead atoms. The highest BCUT2D eigenvalue weighted by Gasteiger charge is 2.16. The first-order valence-corrected chi connectivity index (χ1v) is 8.67. The second-order valence-corrected chi connectivity index (χ2v) is 6.53. The Bertz CT molecular complexity index is 909. The van der Waals surface area contributed by atoms with Crippen molar-refractivity contribution in [3.8, 4) is 11.5 Å². The normalized spacial score (nSPS) is 10.4. The molecule has 2 aromatic carbocycles. The summed E-state index contributed by atoms with van der Waals surface area (Å²) >= 11 is 1.27. The first-order chi connectivity index (χ1) is 12.5. The summed E-state index contributed by atoms with van der Waals surface area (Å²) in [7, 11) is 1.57. The van der Waals surface area contributed by atoms with Crippen LogP contribution in [0.2, 0.25) is 0 Å². The summed E-state index contributed by atoms with van der Waals surface area (Å²) in [4.78, 5) is 17.4. The maximum atomic E-state index is 12.9. The number of benzene rings is 2. The third-order valence-corrected chi connectivity index (χ3v) is 4.68. The third kappa shape index (κ3) is 4.37. The number of nitrogens with one attached hydrogen (secondary N) is 1. The van der Waals surface area contributed by atoms with Crippen molar-refractivity contribution in [3.63, 3.8) is 0 Å². The van der Waals surface area contributed by atoms with E-state index in [-0.39, 0.29) is 18.3 Å². The van der Waals surface area contributed by atoms with E-state index in [2.05, 4.69) is 10.3 Å². The maximum absolute atomic E-state index is 12.9. The van der Waals surface area contributed by atoms with Gasteiger partial charge in [-0.05, 0) is 43.3 Å². The average Bonchev–Trinajstić information content (AvgIpc) is 3.02. The lowest BCUT2D eigenvalue weighted by molar-refractivity contribution is 0.103. The Labute approximate surface area is 154 Å². The number of aromatic nitrogens is 1. The minimum Gasteiger partial charge on any atom is -0.497 e. The van der Waals surface area contributed by atoms with Crippen LogP contribution in [0.25, 0.3) is 0 Å². The fraction of sp³-hybridized carbons (Fsp3) is 0.158. The van der Waals surface area contributed by atoms with Gasteiger partial charge in [0.15, 0.2) is 0 Å². The van der Waals surface area contributed by atoms with Crippen LogP contribution in [0.4, 0.5) is 10.1 Å². The van der Waals surface area contributed by atoms with E-state index in [1.54, 1.807) is 50.4 Å². The summed E-state index contributed by atoms with van der Waals surface area (Å²) < 4.78 is 23.6. The Morgan fingerprint density at radius 1 is 1.19 bits per heavy atom. The summed E-state index contributed by atoms with van der Waals surface area (Å²) in [6, 6.07) is 12.9. The molecule has 0 aliphatic carbocycles. The van der Waals surface area contributed by atoms with E-state index in [9.17, 15) is 9.18 Å². The zero-order valence-corrected chi connectivity index (χ0v) is 15.1. The lowest BCUT2D eigenvalue weighted by atomic mass is 10.3. The first-order valence-electron chi connectivity index (χ1n) is 7.85. The van der Waals surface area contributed by atoms with Crippen LogP contribution < -0.4 is 14.8 Å². The lowest BCUT2D eigenvalue weighted by Crippen LogP contribution is -2.11. The van der Waals surface area contributed by atoms with Crippen molar-refractivity contribution in [1.82, 2.24) is 4.98 Å². The second kappa shape index (κ2) is 7.97. The standard InChI is InChI=1S/C19H17FN2O3S/c1-12-18(19(23)22-14-4-3-5-16(10-14)24-2)26-17(21-12)11-25-15-8-6-13(20)7-9-15/h3-10H,11H2,1-2H3,(H,22,23). The first kappa shape index (κ1) is 17.9. The molecule has 0 aliphatic heterocycles. The number of rotatable bonds is 6. The number of nitrogens with zero attached hydrogens (tertiary/aromatic N) is 1. The van der Waals surface area contributed by atoms with Crippen LogP contribution >= 0.6 is 11.3 Å². The Hall–Kier alpha value is -2.93. The van der Waals surface area contributed by atoms with E-state index >= 15 is 0 Å². The maximum Gasteiger partial charge on any atom is 0.267 e. The highest BCUT2D eigenvalue weighted by atomic mass is 32.1. The molecule has 26 heavy (non-hydrogen) atoms. The summed E-state index contributed by atoms with van der Waals surface area (Å²) in [5.41, 5.74) is 1.28. The van der Waals surface area contributed by atoms with Gasteiger partial charge in [-0.2, -0.15) is 0 Å². The molecule has 0 spiro atoms. The van der Waals surface area contributed by atoms with E-state index in [0.717, 1.165) is 0 Å². The fourth-order valence-electron chi connectivity index (χ4n) is 2.29. The van der Waals surface area contributed by atoms with E-state index < -0.39 is 0 Å². The largest absolute Gasteiger partial charge is 0.497 e. The molecule has 0 fully saturated rings. The number of amides is 1. The minimum absolute atomic E-state index is 0.212. The molecule has 0 saturated heterocycles. The highest BCUT2D eigenvalue weighted by molar-refractivity contribution is 7.13. The predicted octanol–water partition coefficient (Wildman–Crippen LogP) is 4.43. The van der Waals surface area contributed by atoms with Crippen LogP contribution in [0.1, 0.15) is 20.4 Å². The quantitative estimate of drug-likeness (QED) is 0.695. The zero-order valence-electron chi connectivity index (χ0n) is 14.3. The van der Waals surface area contributed by atoms with Crippen LogP contribution in [0.3, 0.4) is 0 Å². The summed E-state index contributed by atoms with van der Waals surface area (Å²) in [6.45, 7) is 1.99. The number of methoxy groups -OCH3 is 1. The van der Waals surface area contributed by atoms with Crippen LogP contribution in [0, 0.1) is 12.7 Å². The molecule has 0 saturated carbocycles. The van der Waals surface area contributed by atoms with Crippen LogP contribution in [-0.2, 0) is 6.61 Å². The van der Waals surface area contributed by atoms with E-state index in [1.165, 1.54) is 23.5 Å². The third-order valence-electron chi connectivity index (χ3n) is 3.55. The molecule has 0 aliphatic rings. The Morgan fingerprint density at radius 3 is 2.69 bits per heavy atom. The summed E-state index contributed by atoms with van der Waals surface area (Å²) in [5, 5.41) is 3.51. The number of thiazole rings is 1. The van der Waals surface area contributed by atoms with Gasteiger partial charge in [0.1, 0.15) is 33.8 Å². The number of ether oxygens (including phenoxy) is 2.